The maximum Gasteiger partial charge on any atom is 0.319 e. The summed E-state index contributed by atoms with van der Waals surface area (Å²) < 4.78 is 10.3. The average molecular weight is 318 g/mol. The number of benzene rings is 1. The van der Waals surface area contributed by atoms with Crippen molar-refractivity contribution in [2.45, 2.75) is 32.4 Å². The van der Waals surface area contributed by atoms with E-state index in [0.29, 0.717) is 23.6 Å². The minimum absolute atomic E-state index is 0.221. The van der Waals surface area contributed by atoms with Crippen LogP contribution < -0.4 is 15.4 Å². The second kappa shape index (κ2) is 7.69. The highest BCUT2D eigenvalue weighted by atomic mass is 16.5. The molecule has 6 heteroatoms. The number of rotatable bonds is 6. The first-order valence-electron chi connectivity index (χ1n) is 7.43. The molecule has 0 aliphatic rings. The first-order chi connectivity index (χ1) is 11.0. The normalized spacial score (nSPS) is 13.2. The van der Waals surface area contributed by atoms with Gasteiger partial charge in [-0.15, -0.1) is 0 Å². The third-order valence-corrected chi connectivity index (χ3v) is 3.52. The second-order valence-electron chi connectivity index (χ2n) is 5.45. The number of carbonyl (C=O) groups is 1. The number of nitrogens with one attached hydrogen (secondary N) is 2. The monoisotopic (exact) mass is 318 g/mol. The van der Waals surface area contributed by atoms with E-state index in [4.69, 9.17) is 9.15 Å². The average Bonchev–Trinajstić information content (AvgIpc) is 3.03. The van der Waals surface area contributed by atoms with Gasteiger partial charge >= 0.3 is 6.03 Å². The van der Waals surface area contributed by atoms with Crippen molar-refractivity contribution >= 4 is 11.7 Å². The van der Waals surface area contributed by atoms with E-state index >= 15 is 0 Å². The first-order valence-corrected chi connectivity index (χ1v) is 7.43. The summed E-state index contributed by atoms with van der Waals surface area (Å²) in [5, 5.41) is 15.6. The van der Waals surface area contributed by atoms with E-state index in [2.05, 4.69) is 10.6 Å². The zero-order valence-electron chi connectivity index (χ0n) is 13.5. The quantitative estimate of drug-likeness (QED) is 0.763. The molecule has 0 radical (unpaired) electrons. The van der Waals surface area contributed by atoms with E-state index in [1.165, 1.54) is 6.26 Å². The molecule has 2 aromatic rings. The van der Waals surface area contributed by atoms with Crippen molar-refractivity contribution in [1.29, 1.82) is 0 Å². The van der Waals surface area contributed by atoms with Crippen LogP contribution in [-0.4, -0.2) is 24.3 Å². The van der Waals surface area contributed by atoms with Gasteiger partial charge in [-0.1, -0.05) is 6.07 Å². The highest BCUT2D eigenvalue weighted by molar-refractivity contribution is 5.90. The number of carbonyl (C=O) groups excluding carboxylic acids is 1. The Kier molecular flexibility index (Phi) is 5.65. The lowest BCUT2D eigenvalue weighted by molar-refractivity contribution is 0.130. The Labute approximate surface area is 135 Å². The zero-order valence-corrected chi connectivity index (χ0v) is 13.5. The molecule has 2 rings (SSSR count). The van der Waals surface area contributed by atoms with Gasteiger partial charge in [0, 0.05) is 24.2 Å². The molecule has 1 heterocycles. The zero-order chi connectivity index (χ0) is 16.8. The van der Waals surface area contributed by atoms with Crippen LogP contribution in [0.1, 0.15) is 30.8 Å². The van der Waals surface area contributed by atoms with E-state index in [1.807, 2.05) is 26.0 Å². The molecule has 0 aliphatic heterocycles. The van der Waals surface area contributed by atoms with Gasteiger partial charge in [0.2, 0.25) is 0 Å². The Morgan fingerprint density at radius 2 is 2.17 bits per heavy atom. The molecule has 0 saturated carbocycles. The number of anilines is 1. The van der Waals surface area contributed by atoms with Gasteiger partial charge in [-0.2, -0.15) is 0 Å². The highest BCUT2D eigenvalue weighted by Gasteiger charge is 2.16. The van der Waals surface area contributed by atoms with Crippen LogP contribution in [-0.2, 0) is 0 Å². The van der Waals surface area contributed by atoms with Gasteiger partial charge in [-0.05, 0) is 37.6 Å². The van der Waals surface area contributed by atoms with Crippen molar-refractivity contribution in [3.63, 3.8) is 0 Å². The summed E-state index contributed by atoms with van der Waals surface area (Å²) >= 11 is 0. The number of aliphatic hydroxyl groups is 1. The minimum atomic E-state index is -0.751. The molecule has 23 heavy (non-hydrogen) atoms. The molecular weight excluding hydrogens is 296 g/mol. The number of aliphatic hydroxyl groups excluding tert-OH is 1. The van der Waals surface area contributed by atoms with E-state index in [9.17, 15) is 9.90 Å². The Hall–Kier alpha value is -2.47. The fraction of sp³-hybridized carbons (Fsp3) is 0.353. The van der Waals surface area contributed by atoms with Crippen molar-refractivity contribution in [3.8, 4) is 5.75 Å². The van der Waals surface area contributed by atoms with Crippen LogP contribution in [0.4, 0.5) is 10.5 Å². The van der Waals surface area contributed by atoms with E-state index in [1.54, 1.807) is 25.3 Å². The molecule has 2 atom stereocenters. The predicted octanol–water partition coefficient (Wildman–Crippen LogP) is 3.23. The number of aryl methyl sites for hydroxylation is 1. The van der Waals surface area contributed by atoms with Crippen molar-refractivity contribution < 1.29 is 19.1 Å². The molecule has 0 spiro atoms. The summed E-state index contributed by atoms with van der Waals surface area (Å²) in [4.78, 5) is 12.1. The first kappa shape index (κ1) is 16.9. The molecule has 124 valence electrons. The second-order valence-corrected chi connectivity index (χ2v) is 5.45. The van der Waals surface area contributed by atoms with Gasteiger partial charge < -0.3 is 24.9 Å². The summed E-state index contributed by atoms with van der Waals surface area (Å²) in [6, 6.07) is 8.34. The van der Waals surface area contributed by atoms with Gasteiger partial charge in [0.1, 0.15) is 17.6 Å². The van der Waals surface area contributed by atoms with Crippen molar-refractivity contribution in [2.75, 3.05) is 12.4 Å². The van der Waals surface area contributed by atoms with Crippen LogP contribution >= 0.6 is 0 Å². The van der Waals surface area contributed by atoms with Gasteiger partial charge in [0.05, 0.1) is 13.4 Å². The van der Waals surface area contributed by atoms with Crippen LogP contribution in [0.3, 0.4) is 0 Å². The lowest BCUT2D eigenvalue weighted by Crippen LogP contribution is -2.37. The summed E-state index contributed by atoms with van der Waals surface area (Å²) in [6.45, 7) is 3.73. The lowest BCUT2D eigenvalue weighted by atomic mass is 10.1. The smallest absolute Gasteiger partial charge is 0.319 e. The van der Waals surface area contributed by atoms with Crippen LogP contribution in [0, 0.1) is 6.92 Å². The fourth-order valence-corrected chi connectivity index (χ4v) is 2.24. The maximum absolute atomic E-state index is 12.1. The Morgan fingerprint density at radius 3 is 2.83 bits per heavy atom. The lowest BCUT2D eigenvalue weighted by Gasteiger charge is -2.18. The van der Waals surface area contributed by atoms with Gasteiger partial charge in [0.15, 0.2) is 0 Å². The number of hydrogen-bond acceptors (Lipinski definition) is 4. The Bertz CT molecular complexity index is 640. The third-order valence-electron chi connectivity index (χ3n) is 3.52. The van der Waals surface area contributed by atoms with E-state index in [-0.39, 0.29) is 12.1 Å². The molecule has 6 nitrogen and oxygen atoms in total. The molecule has 0 aliphatic carbocycles. The molecule has 0 fully saturated rings. The number of urea groups is 1. The molecule has 3 N–H and O–H groups in total. The molecule has 1 aromatic heterocycles. The van der Waals surface area contributed by atoms with Crippen LogP contribution in [0.15, 0.2) is 41.0 Å². The number of methoxy groups -OCH3 is 1. The summed E-state index contributed by atoms with van der Waals surface area (Å²) in [5.41, 5.74) is 1.62. The molecular formula is C17H22N2O4. The number of ether oxygens (including phenoxy) is 1. The molecule has 1 aromatic carbocycles. The van der Waals surface area contributed by atoms with Crippen molar-refractivity contribution in [2.24, 2.45) is 0 Å². The SMILES string of the molecule is COc1ccc(C)c(NC(=O)NC(C)CC(O)c2ccco2)c1. The summed E-state index contributed by atoms with van der Waals surface area (Å²) in [6.07, 6.45) is 1.12. The van der Waals surface area contributed by atoms with Crippen molar-refractivity contribution in [3.05, 3.63) is 47.9 Å². The van der Waals surface area contributed by atoms with Gasteiger partial charge in [-0.25, -0.2) is 4.79 Å². The van der Waals surface area contributed by atoms with Crippen LogP contribution in [0.2, 0.25) is 0 Å². The van der Waals surface area contributed by atoms with Crippen LogP contribution in [0.25, 0.3) is 0 Å². The largest absolute Gasteiger partial charge is 0.497 e. The van der Waals surface area contributed by atoms with Gasteiger partial charge in [-0.3, -0.25) is 0 Å². The van der Waals surface area contributed by atoms with Crippen LogP contribution in [0.5, 0.6) is 5.75 Å². The topological polar surface area (TPSA) is 83.7 Å². The van der Waals surface area contributed by atoms with Gasteiger partial charge in [0.25, 0.3) is 0 Å². The third kappa shape index (κ3) is 4.75. The Morgan fingerprint density at radius 1 is 1.39 bits per heavy atom. The van der Waals surface area contributed by atoms with E-state index in [0.717, 1.165) is 5.56 Å². The van der Waals surface area contributed by atoms with Crippen molar-refractivity contribution in [1.82, 2.24) is 5.32 Å². The summed E-state index contributed by atoms with van der Waals surface area (Å²) in [5.74, 6) is 1.16. The maximum atomic E-state index is 12.1. The summed E-state index contributed by atoms with van der Waals surface area (Å²) in [7, 11) is 1.58. The molecule has 0 bridgehead atoms. The fourth-order valence-electron chi connectivity index (χ4n) is 2.24. The Balaban J connectivity index is 1.89. The molecule has 2 unspecified atom stereocenters. The number of amides is 2. The number of hydrogen-bond donors (Lipinski definition) is 3. The molecule has 2 amide bonds. The minimum Gasteiger partial charge on any atom is -0.497 e. The highest BCUT2D eigenvalue weighted by Crippen LogP contribution is 2.22. The predicted molar refractivity (Wildman–Crippen MR) is 87.6 cm³/mol. The standard InChI is InChI=1S/C17H22N2O4/c1-11-6-7-13(22-3)10-14(11)19-17(21)18-12(2)9-15(20)16-5-4-8-23-16/h4-8,10,12,15,20H,9H2,1-3H3,(H2,18,19,21). The van der Waals surface area contributed by atoms with E-state index < -0.39 is 6.10 Å². The number of furan rings is 1. The molecule has 0 saturated heterocycles.